The number of hydrogen-bond donors (Lipinski definition) is 1. The maximum atomic E-state index is 13.0. The summed E-state index contributed by atoms with van der Waals surface area (Å²) in [7, 11) is 0.534. The normalized spacial score (nSPS) is 20.7. The summed E-state index contributed by atoms with van der Waals surface area (Å²) in [5, 5.41) is 22.2. The molecule has 0 spiro atoms. The molecule has 1 aromatic carbocycles. The van der Waals surface area contributed by atoms with Gasteiger partial charge in [-0.05, 0) is 67.3 Å². The van der Waals surface area contributed by atoms with Gasteiger partial charge in [-0.1, -0.05) is 38.3 Å². The van der Waals surface area contributed by atoms with Gasteiger partial charge in [0.05, 0.1) is 10.6 Å². The topological polar surface area (TPSA) is 89.7 Å². The molecule has 1 N–H and O–H groups in total. The van der Waals surface area contributed by atoms with Crippen molar-refractivity contribution < 1.29 is 32.7 Å². The summed E-state index contributed by atoms with van der Waals surface area (Å²) in [5.74, 6) is -2.78. The minimum atomic E-state index is -4.59. The number of allylic oxidation sites excluding steroid dienone is 1. The van der Waals surface area contributed by atoms with E-state index >= 15 is 0 Å². The molecule has 0 radical (unpaired) electrons. The highest BCUT2D eigenvalue weighted by Gasteiger charge is 2.56. The van der Waals surface area contributed by atoms with E-state index in [2.05, 4.69) is 0 Å². The van der Waals surface area contributed by atoms with Crippen LogP contribution in [0.25, 0.3) is 0 Å². The van der Waals surface area contributed by atoms with E-state index in [1.54, 1.807) is 0 Å². The number of ether oxygens (including phenoxy) is 1. The maximum Gasteiger partial charge on any atom is 0.416 e. The first-order chi connectivity index (χ1) is 17.0. The Bertz CT molecular complexity index is 1000. The Morgan fingerprint density at radius 2 is 1.86 bits per heavy atom. The lowest BCUT2D eigenvalue weighted by molar-refractivity contribution is -0.555. The largest absolute Gasteiger partial charge is 0.481 e. The van der Waals surface area contributed by atoms with Gasteiger partial charge in [0.2, 0.25) is 0 Å². The second kappa shape index (κ2) is 13.7. The van der Waals surface area contributed by atoms with Gasteiger partial charge in [-0.25, -0.2) is 0 Å². The van der Waals surface area contributed by atoms with Crippen LogP contribution in [0.3, 0.4) is 0 Å². The van der Waals surface area contributed by atoms with Crippen LogP contribution in [0.2, 0.25) is 5.02 Å². The quantitative estimate of drug-likeness (QED) is 0.111. The van der Waals surface area contributed by atoms with E-state index in [0.717, 1.165) is 56.2 Å². The van der Waals surface area contributed by atoms with Crippen molar-refractivity contribution >= 4 is 34.7 Å². The summed E-state index contributed by atoms with van der Waals surface area (Å²) in [6.45, 7) is 4.05. The summed E-state index contributed by atoms with van der Waals surface area (Å²) in [6.07, 6.45) is 3.76. The lowest BCUT2D eigenvalue weighted by Crippen LogP contribution is -2.52. The average molecular weight is 568 g/mol. The zero-order valence-electron chi connectivity index (χ0n) is 20.2. The van der Waals surface area contributed by atoms with Gasteiger partial charge in [0.1, 0.15) is 11.5 Å². The van der Waals surface area contributed by atoms with Crippen LogP contribution in [-0.2, 0) is 11.0 Å². The van der Waals surface area contributed by atoms with Crippen LogP contribution in [-0.4, -0.2) is 46.2 Å². The Labute approximate surface area is 217 Å². The van der Waals surface area contributed by atoms with Crippen molar-refractivity contribution in [1.82, 2.24) is 0 Å². The van der Waals surface area contributed by atoms with Crippen molar-refractivity contribution in [3.63, 3.8) is 0 Å². The highest BCUT2D eigenvalue weighted by molar-refractivity contribution is 7.38. The fourth-order valence-electron chi connectivity index (χ4n) is 3.90. The zero-order valence-corrected chi connectivity index (χ0v) is 22.9. The number of unbranched alkanes of at least 4 members (excludes halogenated alkanes) is 2. The summed E-state index contributed by atoms with van der Waals surface area (Å²) in [6, 6.07) is 2.62. The molecule has 0 aliphatic heterocycles. The molecule has 12 heteroatoms. The van der Waals surface area contributed by atoms with Gasteiger partial charge >= 0.3 is 12.1 Å². The van der Waals surface area contributed by atoms with E-state index in [1.165, 1.54) is 12.2 Å². The lowest BCUT2D eigenvalue weighted by Gasteiger charge is -2.34. The standard InChI is InChI=1S/C24H31ClF3NO5P2/c1-3-5-11-35-14-17-19(34-20-8-7-16(13-18(20)25)24(26,27)28)9-10-23(29(32)33,21(17)22(30)31)15-36-12-6-4-2/h7-10,13,21,35-36H,3-6,11-12,14-15H2,1-2H3,(H,30,31). The number of carboxylic acids is 1. The molecule has 4 atom stereocenters. The Morgan fingerprint density at radius 3 is 2.39 bits per heavy atom. The number of halogens is 4. The monoisotopic (exact) mass is 567 g/mol. The number of carboxylic acid groups (broad SMARTS) is 1. The third-order valence-corrected chi connectivity index (χ3v) is 9.05. The number of aliphatic carboxylic acids is 1. The molecule has 0 heterocycles. The van der Waals surface area contributed by atoms with Crippen LogP contribution < -0.4 is 4.74 Å². The first kappa shape index (κ1) is 30.5. The smallest absolute Gasteiger partial charge is 0.416 e. The molecule has 4 unspecified atom stereocenters. The first-order valence-corrected chi connectivity index (χ1v) is 14.9. The zero-order chi connectivity index (χ0) is 26.9. The number of benzene rings is 1. The summed E-state index contributed by atoms with van der Waals surface area (Å²) >= 11 is 6.06. The Kier molecular flexibility index (Phi) is 11.7. The van der Waals surface area contributed by atoms with Crippen LogP contribution in [0.1, 0.15) is 45.1 Å². The minimum Gasteiger partial charge on any atom is -0.481 e. The molecule has 200 valence electrons. The summed E-state index contributed by atoms with van der Waals surface area (Å²) < 4.78 is 44.9. The Balaban J connectivity index is 2.51. The van der Waals surface area contributed by atoms with Gasteiger partial charge in [0.15, 0.2) is 5.92 Å². The summed E-state index contributed by atoms with van der Waals surface area (Å²) in [5.41, 5.74) is -2.50. The average Bonchev–Trinajstić information content (AvgIpc) is 2.80. The molecule has 0 fully saturated rings. The van der Waals surface area contributed by atoms with Gasteiger partial charge in [0.25, 0.3) is 5.54 Å². The van der Waals surface area contributed by atoms with Crippen LogP contribution >= 0.6 is 28.8 Å². The minimum absolute atomic E-state index is 0.0822. The van der Waals surface area contributed by atoms with Gasteiger partial charge < -0.3 is 9.84 Å². The van der Waals surface area contributed by atoms with Crippen LogP contribution in [0.5, 0.6) is 5.75 Å². The molecular formula is C24H31ClF3NO5P2. The molecule has 1 aromatic rings. The molecule has 0 amide bonds. The number of nitro groups is 1. The number of carbonyl (C=O) groups is 1. The predicted molar refractivity (Wildman–Crippen MR) is 140 cm³/mol. The fourth-order valence-corrected chi connectivity index (χ4v) is 7.18. The van der Waals surface area contributed by atoms with Crippen molar-refractivity contribution in [2.75, 3.05) is 24.6 Å². The molecule has 0 saturated carbocycles. The van der Waals surface area contributed by atoms with Crippen LogP contribution in [0.4, 0.5) is 13.2 Å². The van der Waals surface area contributed by atoms with E-state index in [4.69, 9.17) is 16.3 Å². The number of hydrogen-bond acceptors (Lipinski definition) is 4. The summed E-state index contributed by atoms with van der Waals surface area (Å²) in [4.78, 5) is 24.3. The molecule has 0 bridgehead atoms. The van der Waals surface area contributed by atoms with Crippen molar-refractivity contribution in [3.05, 3.63) is 62.4 Å². The molecule has 0 saturated heterocycles. The fraction of sp³-hybridized carbons (Fsp3) is 0.542. The Hall–Kier alpha value is -1.69. The van der Waals surface area contributed by atoms with Gasteiger partial charge in [0, 0.05) is 11.1 Å². The molecule has 2 rings (SSSR count). The maximum absolute atomic E-state index is 13.0. The number of alkyl halides is 3. The van der Waals surface area contributed by atoms with Crippen molar-refractivity contribution in [1.29, 1.82) is 0 Å². The molecule has 1 aliphatic carbocycles. The molecule has 6 nitrogen and oxygen atoms in total. The van der Waals surface area contributed by atoms with Crippen molar-refractivity contribution in [2.45, 2.75) is 51.2 Å². The van der Waals surface area contributed by atoms with Crippen LogP contribution in [0, 0.1) is 16.0 Å². The van der Waals surface area contributed by atoms with Crippen molar-refractivity contribution in [3.8, 4) is 5.75 Å². The second-order valence-corrected chi connectivity index (χ2v) is 11.7. The molecular weight excluding hydrogens is 537 g/mol. The van der Waals surface area contributed by atoms with E-state index < -0.39 is 34.1 Å². The second-order valence-electron chi connectivity index (χ2n) is 8.55. The predicted octanol–water partition coefficient (Wildman–Crippen LogP) is 7.24. The van der Waals surface area contributed by atoms with E-state index in [9.17, 15) is 33.2 Å². The Morgan fingerprint density at radius 1 is 1.22 bits per heavy atom. The highest BCUT2D eigenvalue weighted by atomic mass is 35.5. The molecule has 36 heavy (non-hydrogen) atoms. The van der Waals surface area contributed by atoms with Gasteiger partial charge in [-0.2, -0.15) is 13.2 Å². The highest BCUT2D eigenvalue weighted by Crippen LogP contribution is 2.43. The molecule has 0 aromatic heterocycles. The number of nitrogens with zero attached hydrogens (tertiary/aromatic N) is 1. The van der Waals surface area contributed by atoms with E-state index in [-0.39, 0.29) is 43.0 Å². The first-order valence-electron chi connectivity index (χ1n) is 11.7. The third kappa shape index (κ3) is 7.66. The SMILES string of the molecule is CCCCPCC1=C(Oc2ccc(C(F)(F)F)cc2Cl)C=CC(CPCCCC)([N+](=O)[O-])C1C(=O)O. The van der Waals surface area contributed by atoms with Crippen LogP contribution in [0.15, 0.2) is 41.7 Å². The van der Waals surface area contributed by atoms with E-state index in [0.29, 0.717) is 8.58 Å². The third-order valence-electron chi connectivity index (χ3n) is 5.89. The van der Waals surface area contributed by atoms with Gasteiger partial charge in [-0.15, -0.1) is 17.2 Å². The van der Waals surface area contributed by atoms with E-state index in [1.807, 2.05) is 13.8 Å². The number of rotatable bonds is 14. The molecule has 1 aliphatic rings. The van der Waals surface area contributed by atoms with Gasteiger partial charge in [-0.3, -0.25) is 14.9 Å². The van der Waals surface area contributed by atoms with Crippen molar-refractivity contribution in [2.24, 2.45) is 5.92 Å². The lowest BCUT2D eigenvalue weighted by atomic mass is 9.77.